The number of thiazole rings is 1. The first kappa shape index (κ1) is 28.9. The van der Waals surface area contributed by atoms with Gasteiger partial charge in [0.05, 0.1) is 28.9 Å². The minimum atomic E-state index is -0.999. The molecule has 45 heavy (non-hydrogen) atoms. The van der Waals surface area contributed by atoms with Gasteiger partial charge < -0.3 is 19.3 Å². The quantitative estimate of drug-likeness (QED) is 0.112. The molecule has 8 nitrogen and oxygen atoms in total. The van der Waals surface area contributed by atoms with Crippen LogP contribution < -0.4 is 19.1 Å². The van der Waals surface area contributed by atoms with E-state index in [0.29, 0.717) is 51.3 Å². The van der Waals surface area contributed by atoms with E-state index in [1.165, 1.54) is 23.3 Å². The summed E-state index contributed by atoms with van der Waals surface area (Å²) in [5, 5.41) is 12.6. The van der Waals surface area contributed by atoms with Crippen LogP contribution in [-0.2, 0) is 22.6 Å². The number of aromatic nitrogens is 1. The van der Waals surface area contributed by atoms with Crippen molar-refractivity contribution in [1.29, 1.82) is 0 Å². The Hall–Kier alpha value is -4.86. The molecule has 2 atom stereocenters. The molecule has 2 aliphatic rings. The second kappa shape index (κ2) is 11.6. The molecule has 1 saturated heterocycles. The predicted molar refractivity (Wildman–Crippen MR) is 173 cm³/mol. The Morgan fingerprint density at radius 1 is 1.04 bits per heavy atom. The monoisotopic (exact) mass is 638 g/mol. The molecule has 5 aromatic rings. The Balaban J connectivity index is 1.35. The highest BCUT2D eigenvalue weighted by molar-refractivity contribution is 7.22. The number of aliphatic hydroxyl groups excluding tert-OH is 1. The number of carbonyl (C=O) groups excluding carboxylic acids is 2. The number of ether oxygens (including phenoxy) is 3. The van der Waals surface area contributed by atoms with Gasteiger partial charge in [-0.15, -0.1) is 0 Å². The molecule has 1 fully saturated rings. The summed E-state index contributed by atoms with van der Waals surface area (Å²) in [6.45, 7) is 2.29. The van der Waals surface area contributed by atoms with Crippen LogP contribution in [0.15, 0.2) is 90.5 Å². The molecule has 0 bridgehead atoms. The highest BCUT2D eigenvalue weighted by Crippen LogP contribution is 2.46. The highest BCUT2D eigenvalue weighted by Gasteiger charge is 2.48. The lowest BCUT2D eigenvalue weighted by Gasteiger charge is -2.24. The van der Waals surface area contributed by atoms with Crippen molar-refractivity contribution in [2.24, 2.45) is 0 Å². The number of hydrogen-bond donors (Lipinski definition) is 1. The number of methoxy groups -OCH3 is 1. The SMILES string of the molecule is COc1cc([C@H]2C(=C(O)c3ccc4c(c3)C[C@@H](C)O4)C(=O)C(=O)N2c2nc3ccc(Cl)cc3s2)ccc1OCc1ccccc1. The lowest BCUT2D eigenvalue weighted by atomic mass is 9.94. The number of anilines is 1. The van der Waals surface area contributed by atoms with Crippen LogP contribution in [0.5, 0.6) is 17.2 Å². The maximum Gasteiger partial charge on any atom is 0.301 e. The van der Waals surface area contributed by atoms with Gasteiger partial charge in [-0.3, -0.25) is 14.5 Å². The van der Waals surface area contributed by atoms with Crippen LogP contribution in [0.4, 0.5) is 5.13 Å². The summed E-state index contributed by atoms with van der Waals surface area (Å²) in [7, 11) is 1.52. The number of benzene rings is 4. The molecule has 1 aromatic heterocycles. The van der Waals surface area contributed by atoms with Gasteiger partial charge in [0.2, 0.25) is 0 Å². The maximum atomic E-state index is 13.8. The van der Waals surface area contributed by atoms with Gasteiger partial charge in [-0.05, 0) is 72.1 Å². The summed E-state index contributed by atoms with van der Waals surface area (Å²) >= 11 is 7.47. The number of fused-ring (bicyclic) bond motifs is 2. The molecule has 0 spiro atoms. The van der Waals surface area contributed by atoms with Gasteiger partial charge >= 0.3 is 5.91 Å². The number of ketones is 1. The molecule has 7 rings (SSSR count). The number of rotatable bonds is 7. The van der Waals surface area contributed by atoms with Gasteiger partial charge in [0, 0.05) is 17.0 Å². The molecule has 10 heteroatoms. The van der Waals surface area contributed by atoms with Gasteiger partial charge in [-0.2, -0.15) is 0 Å². The van der Waals surface area contributed by atoms with Gasteiger partial charge in [0.15, 0.2) is 16.6 Å². The van der Waals surface area contributed by atoms with E-state index in [1.54, 1.807) is 54.6 Å². The minimum absolute atomic E-state index is 0.00519. The third-order valence-corrected chi connectivity index (χ3v) is 9.15. The van der Waals surface area contributed by atoms with Gasteiger partial charge in [0.1, 0.15) is 24.2 Å². The molecule has 226 valence electrons. The van der Waals surface area contributed by atoms with E-state index < -0.39 is 17.7 Å². The lowest BCUT2D eigenvalue weighted by molar-refractivity contribution is -0.132. The zero-order valence-corrected chi connectivity index (χ0v) is 25.9. The summed E-state index contributed by atoms with van der Waals surface area (Å²) in [6, 6.07) is 24.5. The second-order valence-corrected chi connectivity index (χ2v) is 12.4. The molecule has 0 radical (unpaired) electrons. The van der Waals surface area contributed by atoms with Gasteiger partial charge in [-0.1, -0.05) is 59.3 Å². The average Bonchev–Trinajstić information content (AvgIpc) is 3.71. The highest BCUT2D eigenvalue weighted by atomic mass is 35.5. The fourth-order valence-corrected chi connectivity index (χ4v) is 7.04. The Kier molecular flexibility index (Phi) is 7.43. The summed E-state index contributed by atoms with van der Waals surface area (Å²) in [4.78, 5) is 33.6. The maximum absolute atomic E-state index is 13.8. The van der Waals surface area contributed by atoms with E-state index in [-0.39, 0.29) is 17.4 Å². The van der Waals surface area contributed by atoms with E-state index in [4.69, 9.17) is 25.8 Å². The molecule has 1 N–H and O–H groups in total. The first-order chi connectivity index (χ1) is 21.8. The van der Waals surface area contributed by atoms with Crippen molar-refractivity contribution in [3.8, 4) is 17.2 Å². The van der Waals surface area contributed by atoms with Crippen molar-refractivity contribution in [3.63, 3.8) is 0 Å². The largest absolute Gasteiger partial charge is 0.507 e. The van der Waals surface area contributed by atoms with E-state index in [2.05, 4.69) is 4.98 Å². The van der Waals surface area contributed by atoms with E-state index >= 15 is 0 Å². The topological polar surface area (TPSA) is 98.2 Å². The Labute approximate surface area is 268 Å². The molecule has 4 aromatic carbocycles. The standard InChI is InChI=1S/C35H27ClN2O6S/c1-19-14-23-15-22(9-12-26(23)44-19)32(39)30-31(21-8-13-27(28(16-21)42-2)43-18-20-6-4-3-5-7-20)38(34(41)33(30)40)35-37-25-11-10-24(36)17-29(25)45-35/h3-13,15-17,19,31,39H,14,18H2,1-2H3/t19-,31+/m1/s1. The summed E-state index contributed by atoms with van der Waals surface area (Å²) in [5.74, 6) is -0.259. The predicted octanol–water partition coefficient (Wildman–Crippen LogP) is 7.49. The van der Waals surface area contributed by atoms with Crippen LogP contribution in [0.3, 0.4) is 0 Å². The van der Waals surface area contributed by atoms with Crippen LogP contribution in [0.2, 0.25) is 5.02 Å². The summed E-state index contributed by atoms with van der Waals surface area (Å²) < 4.78 is 18.3. The summed E-state index contributed by atoms with van der Waals surface area (Å²) in [5.41, 5.74) is 3.44. The normalized spacial score (nSPS) is 18.7. The van der Waals surface area contributed by atoms with Crippen LogP contribution in [-0.4, -0.2) is 35.0 Å². The Morgan fingerprint density at radius 3 is 2.67 bits per heavy atom. The van der Waals surface area contributed by atoms with Crippen molar-refractivity contribution < 1.29 is 28.9 Å². The van der Waals surface area contributed by atoms with Crippen LogP contribution >= 0.6 is 22.9 Å². The number of hydrogen-bond acceptors (Lipinski definition) is 8. The molecule has 3 heterocycles. The molecule has 0 unspecified atom stereocenters. The number of carbonyl (C=O) groups is 2. The first-order valence-corrected chi connectivity index (χ1v) is 15.5. The van der Waals surface area contributed by atoms with Crippen molar-refractivity contribution >= 4 is 55.7 Å². The number of nitrogens with zero attached hydrogens (tertiary/aromatic N) is 2. The lowest BCUT2D eigenvalue weighted by Crippen LogP contribution is -2.29. The van der Waals surface area contributed by atoms with Crippen molar-refractivity contribution in [2.75, 3.05) is 12.0 Å². The van der Waals surface area contributed by atoms with E-state index in [0.717, 1.165) is 21.6 Å². The smallest absolute Gasteiger partial charge is 0.301 e. The first-order valence-electron chi connectivity index (χ1n) is 14.3. The van der Waals surface area contributed by atoms with Crippen molar-refractivity contribution in [3.05, 3.63) is 118 Å². The third-order valence-electron chi connectivity index (χ3n) is 7.90. The second-order valence-electron chi connectivity index (χ2n) is 10.9. The summed E-state index contributed by atoms with van der Waals surface area (Å²) in [6.07, 6.45) is 0.676. The van der Waals surface area contributed by atoms with Crippen molar-refractivity contribution in [1.82, 2.24) is 4.98 Å². The van der Waals surface area contributed by atoms with Crippen LogP contribution in [0.1, 0.15) is 35.2 Å². The molecule has 1 amide bonds. The number of Topliss-reactive ketones (excluding diaryl/α,β-unsaturated/α-hetero) is 1. The van der Waals surface area contributed by atoms with Crippen LogP contribution in [0.25, 0.3) is 16.0 Å². The molecular formula is C35H27ClN2O6S. The van der Waals surface area contributed by atoms with Crippen molar-refractivity contribution in [2.45, 2.75) is 32.1 Å². The Morgan fingerprint density at radius 2 is 1.87 bits per heavy atom. The molecule has 2 aliphatic heterocycles. The average molecular weight is 639 g/mol. The van der Waals surface area contributed by atoms with Gasteiger partial charge in [-0.25, -0.2) is 4.98 Å². The fraction of sp³-hybridized carbons (Fsp3) is 0.171. The van der Waals surface area contributed by atoms with Gasteiger partial charge in [0.25, 0.3) is 5.78 Å². The minimum Gasteiger partial charge on any atom is -0.507 e. The Bertz CT molecular complexity index is 2010. The molecular weight excluding hydrogens is 612 g/mol. The fourth-order valence-electron chi connectivity index (χ4n) is 5.77. The number of halogens is 1. The number of aliphatic hydroxyl groups is 1. The van der Waals surface area contributed by atoms with Crippen LogP contribution in [0, 0.1) is 0 Å². The third kappa shape index (κ3) is 5.28. The zero-order valence-electron chi connectivity index (χ0n) is 24.3. The molecule has 0 aliphatic carbocycles. The zero-order chi connectivity index (χ0) is 31.2. The number of amides is 1. The van der Waals surface area contributed by atoms with E-state index in [1.807, 2.05) is 37.3 Å². The molecule has 0 saturated carbocycles. The van der Waals surface area contributed by atoms with E-state index in [9.17, 15) is 14.7 Å².